The number of hydrogen-bond acceptors (Lipinski definition) is 7. The predicted molar refractivity (Wildman–Crippen MR) is 141 cm³/mol. The zero-order valence-electron chi connectivity index (χ0n) is 20.7. The number of ether oxygens (including phenoxy) is 1. The number of carboxylic acid groups (broad SMARTS) is 1. The Bertz CT molecular complexity index is 1580. The van der Waals surface area contributed by atoms with E-state index in [4.69, 9.17) is 4.74 Å². The van der Waals surface area contributed by atoms with Crippen LogP contribution < -0.4 is 39.4 Å². The molecule has 1 aromatic heterocycles. The van der Waals surface area contributed by atoms with Gasteiger partial charge in [0.25, 0.3) is 0 Å². The molecule has 6 nitrogen and oxygen atoms in total. The van der Waals surface area contributed by atoms with E-state index < -0.39 is 5.97 Å². The first-order valence-corrected chi connectivity index (χ1v) is 12.3. The molecule has 0 radical (unpaired) electrons. The van der Waals surface area contributed by atoms with E-state index in [9.17, 15) is 14.7 Å². The van der Waals surface area contributed by atoms with Crippen molar-refractivity contribution in [1.82, 2.24) is 8.75 Å². The third-order valence-corrected chi connectivity index (χ3v) is 6.47. The fraction of sp³-hybridized carbons (Fsp3) is 0.0667. The fourth-order valence-corrected chi connectivity index (χ4v) is 4.56. The molecule has 0 spiro atoms. The molecular weight excluding hydrogens is 507 g/mol. The van der Waals surface area contributed by atoms with Crippen molar-refractivity contribution in [3.05, 3.63) is 131 Å². The van der Waals surface area contributed by atoms with E-state index in [0.29, 0.717) is 34.5 Å². The fourth-order valence-electron chi connectivity index (χ4n) is 4.05. The van der Waals surface area contributed by atoms with Crippen LogP contribution in [0.1, 0.15) is 27.0 Å². The predicted octanol–water partition coefficient (Wildman–Crippen LogP) is 1.90. The molecule has 1 heterocycles. The van der Waals surface area contributed by atoms with Gasteiger partial charge in [0.1, 0.15) is 23.4 Å². The van der Waals surface area contributed by atoms with E-state index in [2.05, 4.69) is 8.75 Å². The molecule has 5 rings (SSSR count). The summed E-state index contributed by atoms with van der Waals surface area (Å²) in [6.07, 6.45) is 0.101. The maximum atomic E-state index is 13.6. The van der Waals surface area contributed by atoms with Crippen LogP contribution in [0.2, 0.25) is 0 Å². The van der Waals surface area contributed by atoms with Crippen LogP contribution in [0.3, 0.4) is 0 Å². The van der Waals surface area contributed by atoms with Gasteiger partial charge in [-0.1, -0.05) is 78.9 Å². The molecule has 0 bridgehead atoms. The number of aromatic nitrogens is 2. The molecule has 0 unspecified atom stereocenters. The molecule has 0 fully saturated rings. The van der Waals surface area contributed by atoms with Gasteiger partial charge < -0.3 is 14.6 Å². The van der Waals surface area contributed by atoms with E-state index in [1.807, 2.05) is 54.6 Å². The molecule has 0 amide bonds. The number of allylic oxidation sites excluding steroid dienone is 1. The Hall–Kier alpha value is -3.62. The first kappa shape index (κ1) is 27.4. The van der Waals surface area contributed by atoms with Gasteiger partial charge in [-0.3, -0.25) is 4.79 Å². The van der Waals surface area contributed by atoms with Crippen LogP contribution in [0.4, 0.5) is 0 Å². The summed E-state index contributed by atoms with van der Waals surface area (Å²) < 4.78 is 14.2. The monoisotopic (exact) mass is 528 g/mol. The zero-order chi connectivity index (χ0) is 25.6. The van der Waals surface area contributed by atoms with Gasteiger partial charge >= 0.3 is 29.6 Å². The minimum Gasteiger partial charge on any atom is -0.545 e. The van der Waals surface area contributed by atoms with Gasteiger partial charge in [0.2, 0.25) is 0 Å². The van der Waals surface area contributed by atoms with Gasteiger partial charge in [-0.25, -0.2) is 0 Å². The summed E-state index contributed by atoms with van der Waals surface area (Å²) >= 11 is 1.04. The van der Waals surface area contributed by atoms with Crippen LogP contribution in [-0.4, -0.2) is 20.5 Å². The van der Waals surface area contributed by atoms with E-state index in [1.165, 1.54) is 0 Å². The molecule has 4 aromatic carbocycles. The molecule has 0 saturated heterocycles. The van der Waals surface area contributed by atoms with Crippen LogP contribution >= 0.6 is 11.7 Å². The second kappa shape index (κ2) is 12.8. The van der Waals surface area contributed by atoms with Gasteiger partial charge in [0, 0.05) is 23.1 Å². The molecule has 5 aromatic rings. The van der Waals surface area contributed by atoms with Crippen molar-refractivity contribution >= 4 is 40.1 Å². The van der Waals surface area contributed by atoms with Crippen LogP contribution in [0.25, 0.3) is 16.6 Å². The number of hydrogen-bond donors (Lipinski definition) is 0. The molecule has 182 valence electrons. The van der Waals surface area contributed by atoms with Crippen molar-refractivity contribution in [2.75, 3.05) is 0 Å². The molecule has 8 heteroatoms. The van der Waals surface area contributed by atoms with E-state index in [0.717, 1.165) is 22.9 Å². The minimum atomic E-state index is -1.43. The summed E-state index contributed by atoms with van der Waals surface area (Å²) in [5.41, 5.74) is 3.76. The Morgan fingerprint density at radius 2 is 1.39 bits per heavy atom. The van der Waals surface area contributed by atoms with E-state index in [-0.39, 0.29) is 52.9 Å². The van der Waals surface area contributed by atoms with Crippen molar-refractivity contribution in [1.29, 1.82) is 0 Å². The molecular formula is C30H21N2NaO4S. The van der Waals surface area contributed by atoms with Crippen molar-refractivity contribution in [3.8, 4) is 5.75 Å². The quantitative estimate of drug-likeness (QED) is 0.165. The number of fused-ring (bicyclic) bond motifs is 1. The van der Waals surface area contributed by atoms with Crippen molar-refractivity contribution < 1.29 is 49.0 Å². The van der Waals surface area contributed by atoms with Gasteiger partial charge in [-0.05, 0) is 41.0 Å². The number of Topliss-reactive ketones (excluding diaryl/α,β-unsaturated/α-hetero) is 1. The molecule has 0 aliphatic rings. The van der Waals surface area contributed by atoms with Crippen molar-refractivity contribution in [2.24, 2.45) is 0 Å². The first-order chi connectivity index (χ1) is 18.1. The maximum absolute atomic E-state index is 13.6. The summed E-state index contributed by atoms with van der Waals surface area (Å²) in [5, 5.41) is 12.4. The Morgan fingerprint density at radius 3 is 2.08 bits per heavy atom. The van der Waals surface area contributed by atoms with Crippen LogP contribution in [-0.2, 0) is 17.8 Å². The number of nitrogens with zero attached hydrogens (tertiary/aromatic N) is 2. The van der Waals surface area contributed by atoms with Crippen LogP contribution in [0.5, 0.6) is 5.75 Å². The zero-order valence-corrected chi connectivity index (χ0v) is 23.5. The van der Waals surface area contributed by atoms with E-state index >= 15 is 0 Å². The smallest absolute Gasteiger partial charge is 0.545 e. The third kappa shape index (κ3) is 6.44. The summed E-state index contributed by atoms with van der Waals surface area (Å²) in [5.74, 6) is -1.13. The average molecular weight is 529 g/mol. The normalized spacial score (nSPS) is 11.4. The number of aliphatic carboxylic acids is 1. The average Bonchev–Trinajstić information content (AvgIpc) is 3.41. The number of benzene rings is 4. The van der Waals surface area contributed by atoms with E-state index in [1.54, 1.807) is 48.5 Å². The van der Waals surface area contributed by atoms with Crippen LogP contribution in [0.15, 0.2) is 109 Å². The van der Waals surface area contributed by atoms with Gasteiger partial charge in [-0.2, -0.15) is 8.75 Å². The Labute approximate surface area is 246 Å². The number of carbonyl (C=O) groups excluding carboxylic acids is 2. The molecule has 0 aliphatic carbocycles. The molecule has 0 saturated carbocycles. The maximum Gasteiger partial charge on any atom is 1.00 e. The summed E-state index contributed by atoms with van der Waals surface area (Å²) in [7, 11) is 0. The standard InChI is InChI=1S/C30H22N2O4S.Na/c33-29(22-9-5-2-6-10-22)25(28(30(34)35)23-13-16-26-27(18-23)32-37-31-26)17-20-11-14-24(15-12-20)36-19-21-7-3-1-4-8-21;/h1-16,18H,17,19H2,(H,34,35);/q;+1/p-1. The Morgan fingerprint density at radius 1 is 0.737 bits per heavy atom. The Balaban J connectivity index is 0.00000336. The third-order valence-electron chi connectivity index (χ3n) is 5.91. The Kier molecular flexibility index (Phi) is 9.20. The second-order valence-corrected chi connectivity index (χ2v) is 8.93. The number of rotatable bonds is 9. The SMILES string of the molecule is O=C([O-])C(=C(Cc1ccc(OCc2ccccc2)cc1)C(=O)c1ccccc1)c1ccc2nsnc2c1.[Na+]. The molecule has 38 heavy (non-hydrogen) atoms. The van der Waals surface area contributed by atoms with Gasteiger partial charge in [0.15, 0.2) is 5.78 Å². The minimum absolute atomic E-state index is 0. The molecule has 0 N–H and O–H groups in total. The number of carboxylic acids is 1. The van der Waals surface area contributed by atoms with Gasteiger partial charge in [-0.15, -0.1) is 0 Å². The summed E-state index contributed by atoms with van der Waals surface area (Å²) in [6.45, 7) is 0.431. The van der Waals surface area contributed by atoms with Gasteiger partial charge in [0.05, 0.1) is 17.7 Å². The van der Waals surface area contributed by atoms with Crippen LogP contribution in [0, 0.1) is 0 Å². The summed E-state index contributed by atoms with van der Waals surface area (Å²) in [4.78, 5) is 26.0. The summed E-state index contributed by atoms with van der Waals surface area (Å²) in [6, 6.07) is 30.7. The number of ketones is 1. The van der Waals surface area contributed by atoms with Crippen molar-refractivity contribution in [3.63, 3.8) is 0 Å². The second-order valence-electron chi connectivity index (χ2n) is 8.40. The van der Waals surface area contributed by atoms with Crippen molar-refractivity contribution in [2.45, 2.75) is 13.0 Å². The molecule has 0 aliphatic heterocycles. The topological polar surface area (TPSA) is 92.2 Å². The largest absolute Gasteiger partial charge is 1.00 e. The number of carbonyl (C=O) groups is 2. The molecule has 0 atom stereocenters. The first-order valence-electron chi connectivity index (χ1n) is 11.6.